The number of aromatic nitrogens is 1. The van der Waals surface area contributed by atoms with Gasteiger partial charge in [0.1, 0.15) is 0 Å². The molecule has 3 aromatic rings. The van der Waals surface area contributed by atoms with Crippen molar-refractivity contribution in [3.8, 4) is 0 Å². The van der Waals surface area contributed by atoms with Gasteiger partial charge in [-0.05, 0) is 54.1 Å². The average Bonchev–Trinajstić information content (AvgIpc) is 3.21. The van der Waals surface area contributed by atoms with Crippen LogP contribution in [0.25, 0.3) is 0 Å². The van der Waals surface area contributed by atoms with Crippen LogP contribution in [0.2, 0.25) is 10.0 Å². The molecule has 0 saturated heterocycles. The van der Waals surface area contributed by atoms with E-state index in [9.17, 15) is 18.0 Å². The zero-order valence-electron chi connectivity index (χ0n) is 16.3. The fourth-order valence-electron chi connectivity index (χ4n) is 3.24. The van der Waals surface area contributed by atoms with Crippen molar-refractivity contribution < 1.29 is 18.0 Å². The topological polar surface area (TPSA) is 57.6 Å². The van der Waals surface area contributed by atoms with E-state index in [2.05, 4.69) is 15.4 Å². The second-order valence-corrected chi connectivity index (χ2v) is 7.91. The Hall–Kier alpha value is -3.10. The van der Waals surface area contributed by atoms with Gasteiger partial charge in [-0.1, -0.05) is 35.3 Å². The molecule has 1 N–H and O–H groups in total. The van der Waals surface area contributed by atoms with Crippen molar-refractivity contribution in [3.63, 3.8) is 0 Å². The van der Waals surface area contributed by atoms with E-state index >= 15 is 0 Å². The number of nitrogens with one attached hydrogen (secondary N) is 1. The Morgan fingerprint density at radius 3 is 2.16 bits per heavy atom. The zero-order chi connectivity index (χ0) is 22.9. The van der Waals surface area contributed by atoms with Gasteiger partial charge in [0, 0.05) is 21.9 Å². The van der Waals surface area contributed by atoms with Crippen LogP contribution in [0.3, 0.4) is 0 Å². The van der Waals surface area contributed by atoms with E-state index in [1.165, 1.54) is 11.1 Å². The Bertz CT molecular complexity index is 1150. The first-order valence-corrected chi connectivity index (χ1v) is 10.2. The first-order valence-electron chi connectivity index (χ1n) is 9.42. The van der Waals surface area contributed by atoms with Gasteiger partial charge in [-0.15, -0.1) is 0 Å². The minimum Gasteiger partial charge on any atom is -0.306 e. The lowest BCUT2D eigenvalue weighted by Gasteiger charge is -2.16. The molecule has 2 amide bonds. The third kappa shape index (κ3) is 4.87. The highest BCUT2D eigenvalue weighted by Gasteiger charge is 2.35. The summed E-state index contributed by atoms with van der Waals surface area (Å²) in [6, 6.07) is 15.2. The van der Waals surface area contributed by atoms with Gasteiger partial charge in [0.2, 0.25) is 0 Å². The van der Waals surface area contributed by atoms with Crippen molar-refractivity contribution in [1.29, 1.82) is 0 Å². The molecule has 0 spiro atoms. The molecule has 0 aliphatic carbocycles. The molecule has 164 valence electrons. The lowest BCUT2D eigenvalue weighted by atomic mass is 9.94. The largest absolute Gasteiger partial charge is 0.417 e. The number of hydrazone groups is 1. The number of pyridine rings is 1. The SMILES string of the molecule is O=C(Nc1ccc(Cl)cc1)N1CC(c2ccc(C(F)(F)F)cn2)C(c2ccc(Cl)cc2)=N1. The molecule has 0 saturated carbocycles. The fourth-order valence-corrected chi connectivity index (χ4v) is 3.49. The number of halogens is 5. The number of hydrogen-bond donors (Lipinski definition) is 1. The van der Waals surface area contributed by atoms with Crippen molar-refractivity contribution in [2.24, 2.45) is 5.10 Å². The van der Waals surface area contributed by atoms with Crippen LogP contribution in [0.15, 0.2) is 72.0 Å². The van der Waals surface area contributed by atoms with Crippen molar-refractivity contribution >= 4 is 40.6 Å². The van der Waals surface area contributed by atoms with Gasteiger partial charge in [0.05, 0.1) is 29.4 Å². The molecule has 2 aromatic carbocycles. The van der Waals surface area contributed by atoms with Crippen LogP contribution >= 0.6 is 23.2 Å². The molecule has 0 radical (unpaired) electrons. The molecular weight excluding hydrogens is 464 g/mol. The summed E-state index contributed by atoms with van der Waals surface area (Å²) in [5, 5.41) is 9.44. The van der Waals surface area contributed by atoms with Gasteiger partial charge in [-0.3, -0.25) is 4.98 Å². The summed E-state index contributed by atoms with van der Waals surface area (Å²) in [4.78, 5) is 16.8. The number of urea groups is 1. The molecule has 1 aromatic heterocycles. The van der Waals surface area contributed by atoms with Crippen LogP contribution in [-0.2, 0) is 6.18 Å². The summed E-state index contributed by atoms with van der Waals surface area (Å²) >= 11 is 11.8. The fraction of sp³-hybridized carbons (Fsp3) is 0.136. The summed E-state index contributed by atoms with van der Waals surface area (Å²) in [5.41, 5.74) is 1.23. The molecule has 10 heteroatoms. The molecular formula is C22H15Cl2F3N4O. The highest BCUT2D eigenvalue weighted by molar-refractivity contribution is 6.31. The number of carbonyl (C=O) groups is 1. The third-order valence-electron chi connectivity index (χ3n) is 4.85. The first-order chi connectivity index (χ1) is 15.2. The van der Waals surface area contributed by atoms with Gasteiger partial charge < -0.3 is 5.32 Å². The van der Waals surface area contributed by atoms with E-state index < -0.39 is 23.7 Å². The maximum absolute atomic E-state index is 12.9. The molecule has 5 nitrogen and oxygen atoms in total. The summed E-state index contributed by atoms with van der Waals surface area (Å²) in [6.45, 7) is 0.107. The number of alkyl halides is 3. The second-order valence-electron chi connectivity index (χ2n) is 7.03. The maximum Gasteiger partial charge on any atom is 0.417 e. The summed E-state index contributed by atoms with van der Waals surface area (Å²) in [5.74, 6) is -0.519. The van der Waals surface area contributed by atoms with Crippen LogP contribution in [0, 0.1) is 0 Å². The standard InChI is InChI=1S/C22H15Cl2F3N4O/c23-15-4-1-13(2-5-15)20-18(19-10-3-14(11-28-19)22(25,26)27)12-31(30-20)21(32)29-17-8-6-16(24)7-9-17/h1-11,18H,12H2,(H,29,32). The van der Waals surface area contributed by atoms with E-state index in [1.54, 1.807) is 48.5 Å². The van der Waals surface area contributed by atoms with Crippen LogP contribution < -0.4 is 5.32 Å². The van der Waals surface area contributed by atoms with Gasteiger partial charge in [0.15, 0.2) is 0 Å². The van der Waals surface area contributed by atoms with Crippen molar-refractivity contribution in [2.45, 2.75) is 12.1 Å². The Morgan fingerprint density at radius 2 is 1.59 bits per heavy atom. The molecule has 1 aliphatic rings. The molecule has 1 atom stereocenters. The molecule has 1 aliphatic heterocycles. The lowest BCUT2D eigenvalue weighted by Crippen LogP contribution is -2.30. The minimum absolute atomic E-state index is 0.107. The number of hydrogen-bond acceptors (Lipinski definition) is 3. The summed E-state index contributed by atoms with van der Waals surface area (Å²) < 4.78 is 38.8. The Labute approximate surface area is 191 Å². The van der Waals surface area contributed by atoms with E-state index in [-0.39, 0.29) is 6.54 Å². The second kappa shape index (κ2) is 8.80. The number of amides is 2. The van der Waals surface area contributed by atoms with E-state index in [0.717, 1.165) is 12.3 Å². The number of anilines is 1. The number of carbonyl (C=O) groups excluding carboxylic acids is 1. The molecule has 32 heavy (non-hydrogen) atoms. The van der Waals surface area contributed by atoms with Gasteiger partial charge in [-0.2, -0.15) is 18.3 Å². The Balaban J connectivity index is 1.63. The normalized spacial score (nSPS) is 16.1. The van der Waals surface area contributed by atoms with Crippen LogP contribution in [0.4, 0.5) is 23.7 Å². The summed E-state index contributed by atoms with van der Waals surface area (Å²) in [7, 11) is 0. The minimum atomic E-state index is -4.49. The van der Waals surface area contributed by atoms with Crippen LogP contribution in [-0.4, -0.2) is 28.3 Å². The Morgan fingerprint density at radius 1 is 0.969 bits per heavy atom. The smallest absolute Gasteiger partial charge is 0.306 e. The van der Waals surface area contributed by atoms with E-state index in [4.69, 9.17) is 23.2 Å². The lowest BCUT2D eigenvalue weighted by molar-refractivity contribution is -0.137. The number of nitrogens with zero attached hydrogens (tertiary/aromatic N) is 3. The predicted molar refractivity (Wildman–Crippen MR) is 117 cm³/mol. The van der Waals surface area contributed by atoms with Gasteiger partial charge in [0.25, 0.3) is 0 Å². The highest BCUT2D eigenvalue weighted by Crippen LogP contribution is 2.32. The van der Waals surface area contributed by atoms with Crippen molar-refractivity contribution in [1.82, 2.24) is 9.99 Å². The maximum atomic E-state index is 12.9. The molecule has 2 heterocycles. The highest BCUT2D eigenvalue weighted by atomic mass is 35.5. The van der Waals surface area contributed by atoms with Crippen molar-refractivity contribution in [2.75, 3.05) is 11.9 Å². The first kappa shape index (κ1) is 22.1. The molecule has 0 fully saturated rings. The summed E-state index contributed by atoms with van der Waals surface area (Å²) in [6.07, 6.45) is -3.70. The predicted octanol–water partition coefficient (Wildman–Crippen LogP) is 6.44. The monoisotopic (exact) mass is 478 g/mol. The zero-order valence-corrected chi connectivity index (χ0v) is 17.8. The van der Waals surface area contributed by atoms with E-state index in [1.807, 2.05) is 0 Å². The van der Waals surface area contributed by atoms with Gasteiger partial charge >= 0.3 is 12.2 Å². The molecule has 0 bridgehead atoms. The number of rotatable bonds is 3. The quantitative estimate of drug-likeness (QED) is 0.470. The van der Waals surface area contributed by atoms with Crippen LogP contribution in [0.5, 0.6) is 0 Å². The molecule has 1 unspecified atom stereocenters. The number of benzene rings is 2. The Kier molecular flexibility index (Phi) is 6.08. The van der Waals surface area contributed by atoms with E-state index in [0.29, 0.717) is 32.7 Å². The average molecular weight is 479 g/mol. The molecule has 4 rings (SSSR count). The van der Waals surface area contributed by atoms with Gasteiger partial charge in [-0.25, -0.2) is 9.80 Å². The van der Waals surface area contributed by atoms with Crippen LogP contribution in [0.1, 0.15) is 22.7 Å². The third-order valence-corrected chi connectivity index (χ3v) is 5.36. The van der Waals surface area contributed by atoms with Crippen molar-refractivity contribution in [3.05, 3.63) is 93.7 Å².